The molecule has 0 aliphatic carbocycles. The van der Waals surface area contributed by atoms with Crippen molar-refractivity contribution in [2.75, 3.05) is 82.1 Å². The van der Waals surface area contributed by atoms with Gasteiger partial charge in [-0.1, -0.05) is 11.6 Å². The number of ether oxygens (including phenoxy) is 2. The fourth-order valence-corrected chi connectivity index (χ4v) is 11.6. The molecule has 0 radical (unpaired) electrons. The lowest BCUT2D eigenvalue weighted by molar-refractivity contribution is -0.152. The molecule has 5 aromatic rings. The molecule has 0 unspecified atom stereocenters. The Morgan fingerprint density at radius 1 is 0.988 bits per heavy atom. The maximum absolute atomic E-state index is 14.8. The van der Waals surface area contributed by atoms with Gasteiger partial charge in [0, 0.05) is 143 Å². The number of nitrogens with two attached hydrogens (primary N) is 1. The highest BCUT2D eigenvalue weighted by atomic mass is 35.5. The number of urea groups is 1. The van der Waals surface area contributed by atoms with Gasteiger partial charge in [-0.25, -0.2) is 23.4 Å². The number of rotatable bonds is 18. The summed E-state index contributed by atoms with van der Waals surface area (Å²) in [7, 11) is 6.19. The molecule has 6 N–H and O–H groups in total. The lowest BCUT2D eigenvalue weighted by atomic mass is 9.92. The molecule has 4 amide bonds. The molecule has 9 rings (SSSR count). The van der Waals surface area contributed by atoms with E-state index in [0.29, 0.717) is 167 Å². The van der Waals surface area contributed by atoms with Crippen LogP contribution in [0, 0.1) is 5.92 Å². The van der Waals surface area contributed by atoms with Gasteiger partial charge in [0.2, 0.25) is 17.8 Å². The second-order valence-corrected chi connectivity index (χ2v) is 22.0. The number of likely N-dealkylation sites (tertiary alicyclic amines) is 1. The summed E-state index contributed by atoms with van der Waals surface area (Å²) in [5.74, 6) is 0.211. The highest BCUT2D eigenvalue weighted by molar-refractivity contribution is 6.33. The number of carbonyl (C=O) groups is 4. The molecule has 0 atom stereocenters. The molecule has 3 aromatic heterocycles. The third-order valence-corrected chi connectivity index (χ3v) is 16.2. The minimum Gasteiger partial charge on any atom is -0.494 e. The minimum atomic E-state index is -2.77. The number of halogens is 3. The number of aliphatic imine (C=N–C) groups is 1. The zero-order valence-corrected chi connectivity index (χ0v) is 47.8. The van der Waals surface area contributed by atoms with Gasteiger partial charge in [0.25, 0.3) is 12.0 Å². The van der Waals surface area contributed by atoms with E-state index in [1.807, 2.05) is 14.7 Å². The second-order valence-electron chi connectivity index (χ2n) is 21.6. The number of piperidine rings is 2. The number of benzene rings is 2. The number of aromatic nitrogens is 5. The van der Waals surface area contributed by atoms with E-state index in [-0.39, 0.29) is 46.1 Å². The smallest absolute Gasteiger partial charge is 0.347 e. The predicted molar refractivity (Wildman–Crippen MR) is 309 cm³/mol. The molecule has 2 aromatic carbocycles. The quantitative estimate of drug-likeness (QED) is 0.0427. The first-order valence-corrected chi connectivity index (χ1v) is 28.1. The molecule has 2 fully saturated rings. The number of alkyl halides is 2. The number of amides is 4. The second kappa shape index (κ2) is 25.0. The normalized spacial score (nSPS) is 16.4. The van der Waals surface area contributed by atoms with Crippen molar-refractivity contribution >= 4 is 87.1 Å². The molecule has 22 nitrogen and oxygen atoms in total. The van der Waals surface area contributed by atoms with Crippen LogP contribution in [-0.4, -0.2) is 142 Å². The summed E-state index contributed by atoms with van der Waals surface area (Å²) < 4.78 is 44.3. The highest BCUT2D eigenvalue weighted by Crippen LogP contribution is 2.43. The predicted octanol–water partition coefficient (Wildman–Crippen LogP) is 7.26. The van der Waals surface area contributed by atoms with Crippen LogP contribution in [-0.2, 0) is 40.8 Å². The number of anilines is 5. The van der Waals surface area contributed by atoms with Crippen LogP contribution in [0.3, 0.4) is 0 Å². The Bertz CT molecular complexity index is 3370. The average molecular weight is 1150 g/mol. The molecule has 0 spiro atoms. The van der Waals surface area contributed by atoms with Crippen molar-refractivity contribution in [1.82, 2.24) is 44.7 Å². The van der Waals surface area contributed by atoms with Gasteiger partial charge in [0.15, 0.2) is 23.0 Å². The summed E-state index contributed by atoms with van der Waals surface area (Å²) in [5, 5.41) is 24.7. The van der Waals surface area contributed by atoms with Gasteiger partial charge in [-0.2, -0.15) is 10.1 Å². The third-order valence-electron chi connectivity index (χ3n) is 15.9. The minimum absolute atomic E-state index is 0.00554. The van der Waals surface area contributed by atoms with Crippen LogP contribution in [0.2, 0.25) is 5.02 Å². The summed E-state index contributed by atoms with van der Waals surface area (Å²) in [6.07, 6.45) is 7.67. The number of aliphatic carboxylic acids is 1. The number of aryl methyl sites for hydroxylation is 2. The molecule has 7 heterocycles. The molecule has 4 aliphatic rings. The van der Waals surface area contributed by atoms with Crippen LogP contribution in [0.25, 0.3) is 16.5 Å². The molecule has 82 heavy (non-hydrogen) atoms. The molecular formula is C57H71ClF2N14O8. The van der Waals surface area contributed by atoms with Gasteiger partial charge < -0.3 is 60.4 Å². The number of allylic oxidation sites excluding steroid dienone is 1. The molecule has 25 heteroatoms. The molecule has 438 valence electrons. The standard InChI is InChI=1S/C57H71ClF2N14O8/c1-57(2,54(78)79)82-46-26-35-24-37(27-45(81-6)48(35)69(5)53(46)77)66-50-42(58)31-65-55(67-50)71-19-12-33(13-20-71)52(76)64-17-8-7-11-47(75)70-21-14-38(15-22-70)74-43-16-23-72(56(80)63-4)32-41(43)51(68-74)73-18-9-10-34-25-39(36(29-61)30-62-3)40(49(59)60)28-44(34)73/h24-31,33,38,49H,7-23,32,61H2,1-6H3,(H,63,80)(H,64,76)(H,78,79)(H,65,66,67). The van der Waals surface area contributed by atoms with Gasteiger partial charge in [0.05, 0.1) is 31.4 Å². The number of carboxylic acid groups (broad SMARTS) is 1. The Morgan fingerprint density at radius 3 is 2.43 bits per heavy atom. The lowest BCUT2D eigenvalue weighted by Gasteiger charge is -2.34. The van der Waals surface area contributed by atoms with Gasteiger partial charge in [-0.3, -0.25) is 24.1 Å². The number of nitrogens with one attached hydrogen (secondary N) is 3. The lowest BCUT2D eigenvalue weighted by Crippen LogP contribution is -2.42. The van der Waals surface area contributed by atoms with Crippen molar-refractivity contribution in [2.24, 2.45) is 23.7 Å². The fourth-order valence-electron chi connectivity index (χ4n) is 11.5. The molecule has 2 saturated heterocycles. The molecule has 4 aliphatic heterocycles. The van der Waals surface area contributed by atoms with Crippen LogP contribution in [0.15, 0.2) is 52.5 Å². The monoisotopic (exact) mass is 1150 g/mol. The SMILES string of the molecule is CN=CC(=CN)c1cc2c(cc1C(F)F)N(c1nn(C3CCN(C(=O)CCCCNC(=O)C4CCN(c5ncc(Cl)c(Nc6cc(OC)c7c(c6)cc(OC(C)(C)C(=O)O)c(=O)n7C)n5)CC4)CC3)c3c1CN(C(=O)NC)CC3)CCC2. The largest absolute Gasteiger partial charge is 0.494 e. The zero-order chi connectivity index (χ0) is 58.6. The summed E-state index contributed by atoms with van der Waals surface area (Å²) in [5.41, 5.74) is 8.76. The van der Waals surface area contributed by atoms with Crippen molar-refractivity contribution in [3.8, 4) is 11.5 Å². The topological polar surface area (TPSA) is 260 Å². The number of hydrogen-bond acceptors (Lipinski definition) is 15. The maximum atomic E-state index is 14.8. The van der Waals surface area contributed by atoms with Crippen molar-refractivity contribution in [3.05, 3.63) is 86.1 Å². The Kier molecular flexibility index (Phi) is 17.9. The van der Waals surface area contributed by atoms with Crippen molar-refractivity contribution in [3.63, 3.8) is 0 Å². The first-order chi connectivity index (χ1) is 39.3. The van der Waals surface area contributed by atoms with Crippen LogP contribution < -0.4 is 46.5 Å². The van der Waals surface area contributed by atoms with E-state index in [0.717, 1.165) is 23.2 Å². The Balaban J connectivity index is 0.762. The van der Waals surface area contributed by atoms with Crippen molar-refractivity contribution in [2.45, 2.75) is 103 Å². The van der Waals surface area contributed by atoms with Crippen molar-refractivity contribution < 1.29 is 42.5 Å². The van der Waals surface area contributed by atoms with Gasteiger partial charge in [0.1, 0.15) is 10.8 Å². The number of fused-ring (bicyclic) bond motifs is 3. The maximum Gasteiger partial charge on any atom is 0.347 e. The Hall–Kier alpha value is -8.02. The number of pyridine rings is 1. The number of nitrogens with zero attached hydrogens (tertiary/aromatic N) is 10. The summed E-state index contributed by atoms with van der Waals surface area (Å²) in [6, 6.07) is 8.04. The molecule has 0 saturated carbocycles. The van der Waals surface area contributed by atoms with E-state index in [1.165, 1.54) is 50.2 Å². The first kappa shape index (κ1) is 58.6. The van der Waals surface area contributed by atoms with Gasteiger partial charge in [-0.15, -0.1) is 0 Å². The number of unbranched alkanes of at least 4 members (excludes halogenated alkanes) is 1. The van der Waals surface area contributed by atoms with Crippen LogP contribution in [0.4, 0.5) is 42.5 Å². The average Bonchev–Trinajstić information content (AvgIpc) is 2.92. The number of carbonyl (C=O) groups excluding carboxylic acids is 3. The number of hydrogen-bond donors (Lipinski definition) is 5. The summed E-state index contributed by atoms with van der Waals surface area (Å²) in [6.45, 7) is 6.70. The number of methoxy groups -OCH3 is 1. The van der Waals surface area contributed by atoms with Crippen molar-refractivity contribution in [1.29, 1.82) is 0 Å². The van der Waals surface area contributed by atoms with Gasteiger partial charge >= 0.3 is 12.0 Å². The van der Waals surface area contributed by atoms with E-state index in [2.05, 4.69) is 30.6 Å². The first-order valence-electron chi connectivity index (χ1n) is 27.7. The van der Waals surface area contributed by atoms with E-state index >= 15 is 0 Å². The van der Waals surface area contributed by atoms with E-state index in [9.17, 15) is 37.9 Å². The zero-order valence-electron chi connectivity index (χ0n) is 47.1. The summed E-state index contributed by atoms with van der Waals surface area (Å²) in [4.78, 5) is 85.7. The third kappa shape index (κ3) is 12.3. The number of carboxylic acids is 1. The van der Waals surface area contributed by atoms with E-state index in [4.69, 9.17) is 36.9 Å². The van der Waals surface area contributed by atoms with E-state index in [1.54, 1.807) is 50.3 Å². The fraction of sp³-hybridized carbons (Fsp3) is 0.491. The van der Waals surface area contributed by atoms with Gasteiger partial charge in [-0.05, 0) is 101 Å². The van der Waals surface area contributed by atoms with Crippen LogP contribution in [0.1, 0.15) is 106 Å². The van der Waals surface area contributed by atoms with E-state index < -0.39 is 23.6 Å². The van der Waals surface area contributed by atoms with Crippen LogP contribution in [0.5, 0.6) is 11.5 Å². The molecular weight excluding hydrogens is 1080 g/mol. The van der Waals surface area contributed by atoms with Crippen LogP contribution >= 0.6 is 11.6 Å². The molecule has 0 bridgehead atoms. The highest BCUT2D eigenvalue weighted by Gasteiger charge is 2.37. The Labute approximate surface area is 478 Å². The summed E-state index contributed by atoms with van der Waals surface area (Å²) >= 11 is 6.59. The Morgan fingerprint density at radius 2 is 1.74 bits per heavy atom.